The van der Waals surface area contributed by atoms with Gasteiger partial charge in [-0.2, -0.15) is 0 Å². The second kappa shape index (κ2) is 5.93. The van der Waals surface area contributed by atoms with Crippen LogP contribution in [0.25, 0.3) is 0 Å². The quantitative estimate of drug-likeness (QED) is 0.311. The molecule has 0 bridgehead atoms. The molecule has 0 aromatic carbocycles. The average molecular weight is 239 g/mol. The highest BCUT2D eigenvalue weighted by molar-refractivity contribution is 5.98. The third-order valence-corrected chi connectivity index (χ3v) is 2.46. The average Bonchev–Trinajstić information content (AvgIpc) is 2.73. The summed E-state index contributed by atoms with van der Waals surface area (Å²) in [6.07, 6.45) is 2.87. The summed E-state index contributed by atoms with van der Waals surface area (Å²) in [4.78, 5) is 11.9. The normalized spacial score (nSPS) is 13.4. The molecule has 1 rings (SSSR count). The van der Waals surface area contributed by atoms with E-state index in [4.69, 9.17) is 15.4 Å². The number of amidine groups is 1. The van der Waals surface area contributed by atoms with Crippen molar-refractivity contribution in [3.05, 3.63) is 23.7 Å². The second-order valence-electron chi connectivity index (χ2n) is 3.73. The van der Waals surface area contributed by atoms with Gasteiger partial charge in [-0.25, -0.2) is 0 Å². The first kappa shape index (κ1) is 13.1. The molecular weight excluding hydrogens is 222 g/mol. The van der Waals surface area contributed by atoms with Gasteiger partial charge in [0.2, 0.25) is 0 Å². The molecule has 1 amide bonds. The predicted octanol–water partition coefficient (Wildman–Crippen LogP) is 1.23. The fraction of sp³-hybridized carbons (Fsp3) is 0.455. The van der Waals surface area contributed by atoms with Crippen molar-refractivity contribution in [2.45, 2.75) is 32.7 Å². The molecule has 6 nitrogen and oxygen atoms in total. The zero-order valence-electron chi connectivity index (χ0n) is 9.93. The number of carbonyl (C=O) groups is 1. The number of carbonyl (C=O) groups excluding carboxylic acids is 1. The summed E-state index contributed by atoms with van der Waals surface area (Å²) in [6.45, 7) is 3.65. The molecule has 0 aliphatic rings. The largest absolute Gasteiger partial charge is 0.469 e. The van der Waals surface area contributed by atoms with Crippen LogP contribution in [0.15, 0.2) is 21.9 Å². The predicted molar refractivity (Wildman–Crippen MR) is 63.0 cm³/mol. The fourth-order valence-electron chi connectivity index (χ4n) is 1.51. The van der Waals surface area contributed by atoms with Crippen LogP contribution in [0, 0.1) is 6.92 Å². The number of hydrogen-bond donors (Lipinski definition) is 3. The van der Waals surface area contributed by atoms with Crippen LogP contribution < -0.4 is 11.1 Å². The Morgan fingerprint density at radius 3 is 2.88 bits per heavy atom. The maximum atomic E-state index is 11.9. The Balaban J connectivity index is 2.74. The standard InChI is InChI=1S/C11H17N3O3/c1-3-4-9(10(12)14-16)13-11(15)8-5-6-17-7(8)2/h5-6,9,16H,3-4H2,1-2H3,(H2,12,14)(H,13,15). The molecule has 0 radical (unpaired) electrons. The number of nitrogens with one attached hydrogen (secondary N) is 1. The van der Waals surface area contributed by atoms with Gasteiger partial charge in [-0.15, -0.1) is 0 Å². The van der Waals surface area contributed by atoms with Crippen LogP contribution in [0.2, 0.25) is 0 Å². The van der Waals surface area contributed by atoms with Gasteiger partial charge in [0, 0.05) is 0 Å². The molecule has 1 aromatic heterocycles. The summed E-state index contributed by atoms with van der Waals surface area (Å²) < 4.78 is 5.04. The summed E-state index contributed by atoms with van der Waals surface area (Å²) in [7, 11) is 0. The number of amides is 1. The molecule has 0 saturated heterocycles. The van der Waals surface area contributed by atoms with Crippen molar-refractivity contribution in [3.63, 3.8) is 0 Å². The first-order valence-corrected chi connectivity index (χ1v) is 5.42. The van der Waals surface area contributed by atoms with Crippen LogP contribution >= 0.6 is 0 Å². The number of oxime groups is 1. The van der Waals surface area contributed by atoms with Crippen molar-refractivity contribution < 1.29 is 14.4 Å². The lowest BCUT2D eigenvalue weighted by atomic mass is 10.1. The molecule has 0 aliphatic carbocycles. The maximum Gasteiger partial charge on any atom is 0.255 e. The number of nitrogens with zero attached hydrogens (tertiary/aromatic N) is 1. The van der Waals surface area contributed by atoms with Gasteiger partial charge in [-0.1, -0.05) is 18.5 Å². The summed E-state index contributed by atoms with van der Waals surface area (Å²) in [5.41, 5.74) is 5.96. The molecule has 1 heterocycles. The Morgan fingerprint density at radius 2 is 2.41 bits per heavy atom. The summed E-state index contributed by atoms with van der Waals surface area (Å²) >= 11 is 0. The molecule has 0 aliphatic heterocycles. The van der Waals surface area contributed by atoms with Crippen molar-refractivity contribution in [3.8, 4) is 0 Å². The van der Waals surface area contributed by atoms with Gasteiger partial charge in [0.1, 0.15) is 5.76 Å². The molecule has 0 fully saturated rings. The minimum absolute atomic E-state index is 0.00125. The molecule has 1 unspecified atom stereocenters. The second-order valence-corrected chi connectivity index (χ2v) is 3.73. The first-order chi connectivity index (χ1) is 8.10. The lowest BCUT2D eigenvalue weighted by Crippen LogP contribution is -2.44. The van der Waals surface area contributed by atoms with Crippen LogP contribution in [-0.4, -0.2) is 23.0 Å². The topological polar surface area (TPSA) is 101 Å². The van der Waals surface area contributed by atoms with Crippen LogP contribution in [0.4, 0.5) is 0 Å². The zero-order chi connectivity index (χ0) is 12.8. The van der Waals surface area contributed by atoms with E-state index in [1.807, 2.05) is 6.92 Å². The maximum absolute atomic E-state index is 11.9. The minimum atomic E-state index is -0.466. The van der Waals surface area contributed by atoms with Crippen molar-refractivity contribution >= 4 is 11.7 Å². The molecule has 0 saturated carbocycles. The van der Waals surface area contributed by atoms with Gasteiger partial charge >= 0.3 is 0 Å². The van der Waals surface area contributed by atoms with E-state index < -0.39 is 6.04 Å². The number of aryl methyl sites for hydroxylation is 1. The van der Waals surface area contributed by atoms with E-state index in [1.165, 1.54) is 6.26 Å². The van der Waals surface area contributed by atoms with Gasteiger partial charge in [-0.05, 0) is 19.4 Å². The van der Waals surface area contributed by atoms with E-state index in [-0.39, 0.29) is 11.7 Å². The summed E-state index contributed by atoms with van der Waals surface area (Å²) in [5.74, 6) is 0.250. The number of rotatable bonds is 5. The molecule has 6 heteroatoms. The molecule has 0 spiro atoms. The first-order valence-electron chi connectivity index (χ1n) is 5.42. The third-order valence-electron chi connectivity index (χ3n) is 2.46. The Labute approximate surface area is 99.5 Å². The number of hydrogen-bond acceptors (Lipinski definition) is 4. The molecular formula is C11H17N3O3. The van der Waals surface area contributed by atoms with Crippen molar-refractivity contribution in [2.75, 3.05) is 0 Å². The van der Waals surface area contributed by atoms with E-state index in [2.05, 4.69) is 10.5 Å². The molecule has 17 heavy (non-hydrogen) atoms. The van der Waals surface area contributed by atoms with Gasteiger partial charge < -0.3 is 20.7 Å². The Morgan fingerprint density at radius 1 is 1.71 bits per heavy atom. The van der Waals surface area contributed by atoms with E-state index >= 15 is 0 Å². The highest BCUT2D eigenvalue weighted by Crippen LogP contribution is 2.09. The van der Waals surface area contributed by atoms with Crippen molar-refractivity contribution in [1.82, 2.24) is 5.32 Å². The van der Waals surface area contributed by atoms with E-state index in [1.54, 1.807) is 13.0 Å². The molecule has 94 valence electrons. The van der Waals surface area contributed by atoms with E-state index in [0.717, 1.165) is 6.42 Å². The minimum Gasteiger partial charge on any atom is -0.469 e. The summed E-state index contributed by atoms with van der Waals surface area (Å²) in [6, 6.07) is 1.12. The van der Waals surface area contributed by atoms with Crippen molar-refractivity contribution in [1.29, 1.82) is 0 Å². The fourth-order valence-corrected chi connectivity index (χ4v) is 1.51. The molecule has 1 aromatic rings. The number of nitrogens with two attached hydrogens (primary N) is 1. The lowest BCUT2D eigenvalue weighted by Gasteiger charge is -2.16. The van der Waals surface area contributed by atoms with E-state index in [0.29, 0.717) is 17.7 Å². The highest BCUT2D eigenvalue weighted by Gasteiger charge is 2.19. The van der Waals surface area contributed by atoms with Crippen LogP contribution in [0.5, 0.6) is 0 Å². The Kier molecular flexibility index (Phi) is 4.56. The SMILES string of the molecule is CCCC(NC(=O)c1ccoc1C)/C(N)=N/O. The monoisotopic (exact) mass is 239 g/mol. The van der Waals surface area contributed by atoms with Crippen molar-refractivity contribution in [2.24, 2.45) is 10.9 Å². The van der Waals surface area contributed by atoms with Gasteiger partial charge in [0.05, 0.1) is 17.9 Å². The highest BCUT2D eigenvalue weighted by atomic mass is 16.4. The lowest BCUT2D eigenvalue weighted by molar-refractivity contribution is 0.0943. The third kappa shape index (κ3) is 3.24. The van der Waals surface area contributed by atoms with Crippen LogP contribution in [-0.2, 0) is 0 Å². The Hall–Kier alpha value is -1.98. The van der Waals surface area contributed by atoms with Crippen LogP contribution in [0.3, 0.4) is 0 Å². The van der Waals surface area contributed by atoms with Gasteiger partial charge in [0.25, 0.3) is 5.91 Å². The van der Waals surface area contributed by atoms with Gasteiger partial charge in [0.15, 0.2) is 5.84 Å². The summed E-state index contributed by atoms with van der Waals surface area (Å²) in [5, 5.41) is 14.2. The van der Waals surface area contributed by atoms with Gasteiger partial charge in [-0.3, -0.25) is 4.79 Å². The zero-order valence-corrected chi connectivity index (χ0v) is 9.93. The smallest absolute Gasteiger partial charge is 0.255 e. The van der Waals surface area contributed by atoms with Crippen LogP contribution in [0.1, 0.15) is 35.9 Å². The molecule has 4 N–H and O–H groups in total. The molecule has 1 atom stereocenters. The Bertz CT molecular complexity index is 412. The number of furan rings is 1. The van der Waals surface area contributed by atoms with E-state index in [9.17, 15) is 4.79 Å².